The number of nitrogens with one attached hydrogen (secondary N) is 1. The van der Waals surface area contributed by atoms with Crippen LogP contribution in [0.3, 0.4) is 0 Å². The number of amides is 2. The van der Waals surface area contributed by atoms with Crippen molar-refractivity contribution in [2.24, 2.45) is 11.1 Å². The van der Waals surface area contributed by atoms with Gasteiger partial charge in [-0.05, 0) is 20.8 Å². The molecule has 1 aliphatic rings. The average molecular weight is 697 g/mol. The molecule has 2 atom stereocenters. The van der Waals surface area contributed by atoms with E-state index in [0.717, 1.165) is 28.2 Å². The maximum absolute atomic E-state index is 13.1. The molecule has 0 unspecified atom stereocenters. The van der Waals surface area contributed by atoms with E-state index in [1.54, 1.807) is 0 Å². The van der Waals surface area contributed by atoms with Crippen LogP contribution in [0.15, 0.2) is 32.4 Å². The second-order valence-corrected chi connectivity index (χ2v) is 13.5. The van der Waals surface area contributed by atoms with Crippen LogP contribution in [0.5, 0.6) is 5.75 Å². The first-order valence-corrected chi connectivity index (χ1v) is 15.9. The number of rotatable bonds is 13. The van der Waals surface area contributed by atoms with Gasteiger partial charge in [-0.15, -0.1) is 20.5 Å². The third-order valence-corrected chi connectivity index (χ3v) is 8.70. The summed E-state index contributed by atoms with van der Waals surface area (Å²) in [6.07, 6.45) is -0.822. The molecule has 4 heterocycles. The zero-order valence-corrected chi connectivity index (χ0v) is 26.4. The van der Waals surface area contributed by atoms with Crippen molar-refractivity contribution >= 4 is 55.8 Å². The average Bonchev–Trinajstić information content (AvgIpc) is 3.54. The summed E-state index contributed by atoms with van der Waals surface area (Å²) in [5, 5.41) is 37.5. The number of ketones is 1. The Bertz CT molecular complexity index is 2020. The second kappa shape index (κ2) is 12.9. The number of carbonyl (C=O) groups excluding carboxylic acids is 3. The molecular formula is C25H28N8O12S2. The van der Waals surface area contributed by atoms with Crippen LogP contribution >= 0.6 is 11.3 Å². The van der Waals surface area contributed by atoms with Crippen LogP contribution in [0.4, 0.5) is 5.13 Å². The molecule has 20 nitrogen and oxygen atoms in total. The Hall–Kier alpha value is -5.22. The number of nitrogens with two attached hydrogens (primary N) is 1. The normalized spacial score (nSPS) is 16.1. The van der Waals surface area contributed by atoms with Gasteiger partial charge in [-0.2, -0.15) is 0 Å². The minimum absolute atomic E-state index is 0.0139. The number of likely N-dealkylation sites (tertiary alicyclic amines) is 1. The SMILES string of the molecule is C[C@H](O)Cn1c(-c2cc(=O)c(O)c[nH]2)nn(S(=O)(=O)CC(=O)N2C[C@H](CC(=O)/C(=N\OC(C)(C)C(=O)O)c3csc(N)n3)C2=O)c1=O. The lowest BCUT2D eigenvalue weighted by Gasteiger charge is -2.36. The number of oxime groups is 1. The number of imide groups is 1. The number of nitrogen functional groups attached to an aromatic ring is 1. The van der Waals surface area contributed by atoms with Crippen molar-refractivity contribution in [2.45, 2.75) is 45.4 Å². The standard InChI is InChI=1S/C25H28N8O12S2/c1-11(34)7-32-20(13-5-15(35)17(37)6-27-13)29-33(24(32)42)47(43,44)10-18(38)31-8-12(21(31)39)4-16(36)19(14-9-46-23(26)28-14)30-45-25(2,3)22(40)41/h5-6,9,11-12,34,37H,4,7-8,10H2,1-3H3,(H2,26,28)(H,27,35)(H,40,41)/b30-19-/t11-,12-/m0/s1. The van der Waals surface area contributed by atoms with Crippen LogP contribution in [0, 0.1) is 5.92 Å². The molecule has 0 saturated carbocycles. The molecule has 2 amide bonds. The van der Waals surface area contributed by atoms with Gasteiger partial charge in [-0.25, -0.2) is 23.0 Å². The number of carbonyl (C=O) groups is 4. The molecule has 1 aliphatic heterocycles. The lowest BCUT2D eigenvalue weighted by molar-refractivity contribution is -0.161. The number of nitrogens with zero attached hydrogens (tertiary/aromatic N) is 6. The van der Waals surface area contributed by atoms with Crippen LogP contribution in [0.1, 0.15) is 32.9 Å². The van der Waals surface area contributed by atoms with E-state index in [2.05, 4.69) is 20.2 Å². The highest BCUT2D eigenvalue weighted by molar-refractivity contribution is 7.90. The fourth-order valence-corrected chi connectivity index (χ4v) is 5.78. The Balaban J connectivity index is 1.51. The molecule has 4 rings (SSSR count). The Labute approximate surface area is 267 Å². The summed E-state index contributed by atoms with van der Waals surface area (Å²) < 4.78 is 27.0. The number of aliphatic hydroxyl groups is 1. The van der Waals surface area contributed by atoms with E-state index in [-0.39, 0.29) is 27.2 Å². The molecule has 0 aromatic carbocycles. The van der Waals surface area contributed by atoms with Crippen LogP contribution in [-0.2, 0) is 40.6 Å². The highest BCUT2D eigenvalue weighted by atomic mass is 32.2. The number of carboxylic acids is 1. The maximum atomic E-state index is 13.1. The van der Waals surface area contributed by atoms with Gasteiger partial charge in [-0.1, -0.05) is 5.16 Å². The summed E-state index contributed by atoms with van der Waals surface area (Å²) in [6, 6.07) is 0.844. The van der Waals surface area contributed by atoms with E-state index in [0.29, 0.717) is 4.90 Å². The van der Waals surface area contributed by atoms with Gasteiger partial charge in [0.25, 0.3) is 10.0 Å². The minimum Gasteiger partial charge on any atom is -0.503 e. The van der Waals surface area contributed by atoms with E-state index < -0.39 is 98.3 Å². The van der Waals surface area contributed by atoms with Crippen molar-refractivity contribution in [3.05, 3.63) is 44.0 Å². The van der Waals surface area contributed by atoms with E-state index in [1.807, 2.05) is 0 Å². The third kappa shape index (κ3) is 7.28. The third-order valence-electron chi connectivity index (χ3n) is 6.65. The second-order valence-electron chi connectivity index (χ2n) is 10.8. The first kappa shape index (κ1) is 34.6. The summed E-state index contributed by atoms with van der Waals surface area (Å²) in [4.78, 5) is 87.2. The van der Waals surface area contributed by atoms with Gasteiger partial charge >= 0.3 is 11.7 Å². The largest absolute Gasteiger partial charge is 0.503 e. The van der Waals surface area contributed by atoms with E-state index in [9.17, 15) is 52.5 Å². The lowest BCUT2D eigenvalue weighted by Crippen LogP contribution is -2.57. The highest BCUT2D eigenvalue weighted by Crippen LogP contribution is 2.24. The first-order valence-electron chi connectivity index (χ1n) is 13.4. The number of hydrogen-bond acceptors (Lipinski definition) is 16. The molecule has 1 saturated heterocycles. The van der Waals surface area contributed by atoms with Crippen LogP contribution in [0.25, 0.3) is 11.5 Å². The predicted molar refractivity (Wildman–Crippen MR) is 161 cm³/mol. The number of hydrogen-bond donors (Lipinski definition) is 5. The molecule has 252 valence electrons. The molecule has 22 heteroatoms. The van der Waals surface area contributed by atoms with Gasteiger partial charge in [-0.3, -0.25) is 28.6 Å². The number of carboxylic acid groups (broad SMARTS) is 1. The Kier molecular flexibility index (Phi) is 9.50. The number of aromatic nitrogens is 5. The smallest absolute Gasteiger partial charge is 0.360 e. The summed E-state index contributed by atoms with van der Waals surface area (Å²) in [6.45, 7) is 2.83. The molecule has 0 spiro atoms. The summed E-state index contributed by atoms with van der Waals surface area (Å²) in [5.41, 5.74) is 0.985. The lowest BCUT2D eigenvalue weighted by atomic mass is 9.91. The number of aromatic hydroxyl groups is 1. The van der Waals surface area contributed by atoms with Gasteiger partial charge in [0.2, 0.25) is 22.8 Å². The fourth-order valence-electron chi connectivity index (χ4n) is 4.10. The summed E-state index contributed by atoms with van der Waals surface area (Å²) in [7, 11) is -4.88. The number of β-lactam (4-membered cyclic amide) rings is 1. The Morgan fingerprint density at radius 3 is 2.51 bits per heavy atom. The molecule has 1 fully saturated rings. The van der Waals surface area contributed by atoms with Crippen molar-refractivity contribution < 1.29 is 47.8 Å². The Morgan fingerprint density at radius 2 is 1.96 bits per heavy atom. The first-order chi connectivity index (χ1) is 21.8. The molecule has 0 aliphatic carbocycles. The van der Waals surface area contributed by atoms with Crippen LogP contribution in [-0.4, -0.2) is 106 Å². The number of aliphatic hydroxyl groups excluding tert-OH is 1. The quantitative estimate of drug-likeness (QED) is 0.0728. The summed E-state index contributed by atoms with van der Waals surface area (Å²) in [5.74, 6) is -7.87. The van der Waals surface area contributed by atoms with Gasteiger partial charge in [0.1, 0.15) is 5.69 Å². The zero-order valence-electron chi connectivity index (χ0n) is 24.8. The number of aromatic amines is 1. The number of H-pyrrole nitrogens is 1. The fraction of sp³-hybridized carbons (Fsp3) is 0.400. The number of Topliss-reactive ketones (excluding diaryl/α,β-unsaturated/α-hetero) is 1. The molecule has 0 bridgehead atoms. The molecule has 6 N–H and O–H groups in total. The minimum atomic E-state index is -4.88. The molecular weight excluding hydrogens is 668 g/mol. The molecule has 3 aromatic heterocycles. The summed E-state index contributed by atoms with van der Waals surface area (Å²) >= 11 is 0.959. The van der Waals surface area contributed by atoms with E-state index in [1.165, 1.54) is 26.2 Å². The van der Waals surface area contributed by atoms with Gasteiger partial charge in [0, 0.05) is 30.6 Å². The maximum Gasteiger partial charge on any atom is 0.360 e. The Morgan fingerprint density at radius 1 is 1.28 bits per heavy atom. The van der Waals surface area contributed by atoms with Crippen molar-refractivity contribution in [1.82, 2.24) is 28.6 Å². The predicted octanol–water partition coefficient (Wildman–Crippen LogP) is -2.07. The topological polar surface area (TPSA) is 300 Å². The van der Waals surface area contributed by atoms with E-state index >= 15 is 0 Å². The highest BCUT2D eigenvalue weighted by Gasteiger charge is 2.44. The van der Waals surface area contributed by atoms with Crippen LogP contribution in [0.2, 0.25) is 0 Å². The number of aliphatic carboxylic acids is 1. The van der Waals surface area contributed by atoms with Gasteiger partial charge < -0.3 is 30.9 Å². The van der Waals surface area contributed by atoms with Gasteiger partial charge in [0.05, 0.1) is 24.3 Å². The monoisotopic (exact) mass is 696 g/mol. The number of anilines is 1. The van der Waals surface area contributed by atoms with Crippen molar-refractivity contribution in [2.75, 3.05) is 18.0 Å². The zero-order chi connectivity index (χ0) is 35.0. The molecule has 0 radical (unpaired) electrons. The number of pyridine rings is 1. The van der Waals surface area contributed by atoms with Crippen molar-refractivity contribution in [3.63, 3.8) is 0 Å². The molecule has 47 heavy (non-hydrogen) atoms. The van der Waals surface area contributed by atoms with E-state index in [4.69, 9.17) is 10.6 Å². The van der Waals surface area contributed by atoms with Crippen molar-refractivity contribution in [1.29, 1.82) is 0 Å². The van der Waals surface area contributed by atoms with Crippen LogP contribution < -0.4 is 16.9 Å². The number of thiazole rings is 1. The molecule has 3 aromatic rings. The van der Waals surface area contributed by atoms with Crippen molar-refractivity contribution in [3.8, 4) is 17.3 Å². The van der Waals surface area contributed by atoms with Gasteiger partial charge in [0.15, 0.2) is 34.0 Å².